The van der Waals surface area contributed by atoms with E-state index in [1.807, 2.05) is 0 Å². The Bertz CT molecular complexity index is 270. The standard InChI is InChI=1S/C13H23N3O/c1-11(15-10-14)12-3-2-4-13(9-12)16-5-7-17-8-6-16/h11-13,15H,2-9H2,1H3. The zero-order chi connectivity index (χ0) is 12.1. The highest BCUT2D eigenvalue weighted by atomic mass is 16.5. The van der Waals surface area contributed by atoms with Crippen molar-refractivity contribution >= 4 is 0 Å². The molecule has 2 aliphatic rings. The van der Waals surface area contributed by atoms with Gasteiger partial charge < -0.3 is 10.1 Å². The van der Waals surface area contributed by atoms with E-state index in [2.05, 4.69) is 23.3 Å². The van der Waals surface area contributed by atoms with Gasteiger partial charge in [0, 0.05) is 25.2 Å². The molecule has 0 amide bonds. The first-order valence-electron chi connectivity index (χ1n) is 6.77. The van der Waals surface area contributed by atoms with Crippen LogP contribution in [0.1, 0.15) is 32.6 Å². The Kier molecular flexibility index (Phi) is 4.64. The van der Waals surface area contributed by atoms with Gasteiger partial charge in [0.15, 0.2) is 6.19 Å². The van der Waals surface area contributed by atoms with Crippen LogP contribution in [0.4, 0.5) is 0 Å². The molecular weight excluding hydrogens is 214 g/mol. The largest absolute Gasteiger partial charge is 0.379 e. The Balaban J connectivity index is 1.85. The molecule has 17 heavy (non-hydrogen) atoms. The Hall–Kier alpha value is -0.790. The van der Waals surface area contributed by atoms with E-state index in [-0.39, 0.29) is 0 Å². The fourth-order valence-corrected chi connectivity index (χ4v) is 3.15. The van der Waals surface area contributed by atoms with Gasteiger partial charge in [-0.2, -0.15) is 5.26 Å². The summed E-state index contributed by atoms with van der Waals surface area (Å²) in [7, 11) is 0. The lowest BCUT2D eigenvalue weighted by molar-refractivity contribution is 0.00133. The predicted octanol–water partition coefficient (Wildman–Crippen LogP) is 1.34. The van der Waals surface area contributed by atoms with E-state index in [1.54, 1.807) is 0 Å². The smallest absolute Gasteiger partial charge is 0.176 e. The van der Waals surface area contributed by atoms with Gasteiger partial charge in [-0.15, -0.1) is 0 Å². The first kappa shape index (κ1) is 12.7. The van der Waals surface area contributed by atoms with Gasteiger partial charge in [0.25, 0.3) is 0 Å². The van der Waals surface area contributed by atoms with E-state index in [0.29, 0.717) is 18.0 Å². The van der Waals surface area contributed by atoms with Crippen LogP contribution in [0.15, 0.2) is 0 Å². The maximum atomic E-state index is 8.69. The molecule has 0 aromatic heterocycles. The highest BCUT2D eigenvalue weighted by Gasteiger charge is 2.30. The minimum absolute atomic E-state index is 0.323. The van der Waals surface area contributed by atoms with Crippen molar-refractivity contribution in [3.8, 4) is 6.19 Å². The predicted molar refractivity (Wildman–Crippen MR) is 66.3 cm³/mol. The lowest BCUT2D eigenvalue weighted by Gasteiger charge is -2.40. The molecule has 3 atom stereocenters. The molecule has 0 bridgehead atoms. The van der Waals surface area contributed by atoms with Crippen molar-refractivity contribution in [2.75, 3.05) is 26.3 Å². The van der Waals surface area contributed by atoms with Crippen molar-refractivity contribution in [2.24, 2.45) is 5.92 Å². The summed E-state index contributed by atoms with van der Waals surface area (Å²) in [5.74, 6) is 0.649. The number of nitriles is 1. The summed E-state index contributed by atoms with van der Waals surface area (Å²) in [6.45, 7) is 6.06. The minimum Gasteiger partial charge on any atom is -0.379 e. The number of rotatable bonds is 3. The van der Waals surface area contributed by atoms with Crippen molar-refractivity contribution in [2.45, 2.75) is 44.7 Å². The van der Waals surface area contributed by atoms with Crippen LogP contribution in [0.5, 0.6) is 0 Å². The van der Waals surface area contributed by atoms with Crippen LogP contribution < -0.4 is 5.32 Å². The molecule has 1 heterocycles. The summed E-state index contributed by atoms with van der Waals surface area (Å²) < 4.78 is 5.41. The molecule has 1 saturated heterocycles. The first-order chi connectivity index (χ1) is 8.31. The lowest BCUT2D eigenvalue weighted by atomic mass is 9.81. The lowest BCUT2D eigenvalue weighted by Crippen LogP contribution is -2.47. The Morgan fingerprint density at radius 3 is 2.82 bits per heavy atom. The second kappa shape index (κ2) is 6.23. The summed E-state index contributed by atoms with van der Waals surface area (Å²) in [6.07, 6.45) is 7.18. The second-order valence-corrected chi connectivity index (χ2v) is 5.27. The number of hydrogen-bond donors (Lipinski definition) is 1. The Labute approximate surface area is 104 Å². The van der Waals surface area contributed by atoms with Crippen LogP contribution in [-0.4, -0.2) is 43.3 Å². The number of ether oxygens (including phenoxy) is 1. The molecule has 4 heteroatoms. The summed E-state index contributed by atoms with van der Waals surface area (Å²) in [5, 5.41) is 11.6. The van der Waals surface area contributed by atoms with Gasteiger partial charge in [0.2, 0.25) is 0 Å². The number of nitrogens with one attached hydrogen (secondary N) is 1. The number of morpholine rings is 1. The molecule has 96 valence electrons. The quantitative estimate of drug-likeness (QED) is 0.594. The third-order valence-corrected chi connectivity index (χ3v) is 4.25. The van der Waals surface area contributed by atoms with Crippen LogP contribution in [-0.2, 0) is 4.74 Å². The molecule has 1 aliphatic carbocycles. The number of nitrogens with zero attached hydrogens (tertiary/aromatic N) is 2. The Morgan fingerprint density at radius 2 is 2.12 bits per heavy atom. The van der Waals surface area contributed by atoms with Crippen molar-refractivity contribution in [3.63, 3.8) is 0 Å². The Morgan fingerprint density at radius 1 is 1.35 bits per heavy atom. The molecule has 0 radical (unpaired) electrons. The summed E-state index contributed by atoms with van der Waals surface area (Å²) >= 11 is 0. The third kappa shape index (κ3) is 3.34. The average molecular weight is 237 g/mol. The SMILES string of the molecule is CC(NC#N)C1CCCC(N2CCOCC2)C1. The average Bonchev–Trinajstić information content (AvgIpc) is 2.40. The molecule has 4 nitrogen and oxygen atoms in total. The molecular formula is C13H23N3O. The maximum absolute atomic E-state index is 8.69. The molecule has 3 unspecified atom stereocenters. The van der Waals surface area contributed by atoms with Gasteiger partial charge in [-0.3, -0.25) is 4.90 Å². The molecule has 1 saturated carbocycles. The van der Waals surface area contributed by atoms with Crippen LogP contribution in [0.25, 0.3) is 0 Å². The van der Waals surface area contributed by atoms with E-state index >= 15 is 0 Å². The minimum atomic E-state index is 0.323. The highest BCUT2D eigenvalue weighted by molar-refractivity contribution is 4.87. The normalized spacial score (nSPS) is 32.7. The van der Waals surface area contributed by atoms with Gasteiger partial charge in [0.1, 0.15) is 0 Å². The van der Waals surface area contributed by atoms with E-state index < -0.39 is 0 Å². The summed E-state index contributed by atoms with van der Waals surface area (Å²) in [5.41, 5.74) is 0. The fraction of sp³-hybridized carbons (Fsp3) is 0.923. The van der Waals surface area contributed by atoms with E-state index in [4.69, 9.17) is 10.00 Å². The van der Waals surface area contributed by atoms with Crippen molar-refractivity contribution in [3.05, 3.63) is 0 Å². The monoisotopic (exact) mass is 237 g/mol. The van der Waals surface area contributed by atoms with Crippen LogP contribution in [0.3, 0.4) is 0 Å². The first-order valence-corrected chi connectivity index (χ1v) is 6.77. The van der Waals surface area contributed by atoms with Crippen molar-refractivity contribution in [1.29, 1.82) is 5.26 Å². The van der Waals surface area contributed by atoms with Crippen molar-refractivity contribution < 1.29 is 4.74 Å². The second-order valence-electron chi connectivity index (χ2n) is 5.27. The molecule has 1 N–H and O–H groups in total. The highest BCUT2D eigenvalue weighted by Crippen LogP contribution is 2.30. The van der Waals surface area contributed by atoms with E-state index in [1.165, 1.54) is 25.7 Å². The zero-order valence-corrected chi connectivity index (χ0v) is 10.7. The molecule has 0 aromatic rings. The third-order valence-electron chi connectivity index (χ3n) is 4.25. The molecule has 2 rings (SSSR count). The van der Waals surface area contributed by atoms with E-state index in [0.717, 1.165) is 26.3 Å². The number of hydrogen-bond acceptors (Lipinski definition) is 4. The molecule has 2 fully saturated rings. The van der Waals surface area contributed by atoms with Gasteiger partial charge in [-0.25, -0.2) is 0 Å². The molecule has 1 aliphatic heterocycles. The van der Waals surface area contributed by atoms with Gasteiger partial charge in [0.05, 0.1) is 13.2 Å². The summed E-state index contributed by atoms with van der Waals surface area (Å²) in [6, 6.07) is 1.03. The molecule has 0 spiro atoms. The zero-order valence-electron chi connectivity index (χ0n) is 10.7. The van der Waals surface area contributed by atoms with Crippen LogP contribution >= 0.6 is 0 Å². The fourth-order valence-electron chi connectivity index (χ4n) is 3.15. The van der Waals surface area contributed by atoms with Crippen LogP contribution in [0.2, 0.25) is 0 Å². The summed E-state index contributed by atoms with van der Waals surface area (Å²) in [4.78, 5) is 2.58. The van der Waals surface area contributed by atoms with Gasteiger partial charge >= 0.3 is 0 Å². The van der Waals surface area contributed by atoms with Crippen LogP contribution in [0, 0.1) is 17.4 Å². The van der Waals surface area contributed by atoms with Gasteiger partial charge in [-0.05, 0) is 32.1 Å². The molecule has 0 aromatic carbocycles. The topological polar surface area (TPSA) is 48.3 Å². The maximum Gasteiger partial charge on any atom is 0.176 e. The van der Waals surface area contributed by atoms with Crippen molar-refractivity contribution in [1.82, 2.24) is 10.2 Å². The van der Waals surface area contributed by atoms with Gasteiger partial charge in [-0.1, -0.05) is 6.42 Å². The van der Waals surface area contributed by atoms with E-state index in [9.17, 15) is 0 Å².